The number of benzene rings is 1. The van der Waals surface area contributed by atoms with Crippen molar-refractivity contribution in [3.8, 4) is 0 Å². The van der Waals surface area contributed by atoms with Gasteiger partial charge in [0.15, 0.2) is 0 Å². The molecule has 1 aromatic rings. The molecule has 1 atom stereocenters. The Morgan fingerprint density at radius 2 is 2.11 bits per heavy atom. The number of hydrogen-bond donors (Lipinski definition) is 0. The first-order valence-corrected chi connectivity index (χ1v) is 6.87. The number of rotatable bonds is 2. The third-order valence-electron chi connectivity index (χ3n) is 3.89. The molecule has 0 radical (unpaired) electrons. The van der Waals surface area contributed by atoms with E-state index in [1.54, 1.807) is 0 Å². The summed E-state index contributed by atoms with van der Waals surface area (Å²) >= 11 is 0. The van der Waals surface area contributed by atoms with Crippen LogP contribution in [-0.2, 0) is 11.2 Å². The zero-order chi connectivity index (χ0) is 13.3. The molecule has 1 amide bonds. The van der Waals surface area contributed by atoms with Gasteiger partial charge in [-0.15, -0.1) is 0 Å². The number of aryl methyl sites for hydroxylation is 2. The molecule has 0 spiro atoms. The number of nitrogens with zero attached hydrogens (tertiary/aromatic N) is 1. The first-order chi connectivity index (χ1) is 8.50. The van der Waals surface area contributed by atoms with E-state index in [4.69, 9.17) is 0 Å². The number of amides is 1. The largest absolute Gasteiger partial charge is 0.338 e. The van der Waals surface area contributed by atoms with Gasteiger partial charge in [-0.1, -0.05) is 37.6 Å². The fraction of sp³-hybridized carbons (Fsp3) is 0.562. The fourth-order valence-electron chi connectivity index (χ4n) is 2.86. The van der Waals surface area contributed by atoms with E-state index in [1.165, 1.54) is 23.1 Å². The van der Waals surface area contributed by atoms with Crippen LogP contribution in [0.3, 0.4) is 0 Å². The minimum atomic E-state index is 0.0742. The monoisotopic (exact) mass is 245 g/mol. The van der Waals surface area contributed by atoms with Gasteiger partial charge in [0.25, 0.3) is 0 Å². The Labute approximate surface area is 110 Å². The summed E-state index contributed by atoms with van der Waals surface area (Å²) in [6.45, 7) is 6.06. The quantitative estimate of drug-likeness (QED) is 0.781. The predicted molar refractivity (Wildman–Crippen MR) is 74.5 cm³/mol. The molecule has 0 fully saturated rings. The lowest BCUT2D eigenvalue weighted by Gasteiger charge is -2.34. The lowest BCUT2D eigenvalue weighted by molar-refractivity contribution is -0.135. The van der Waals surface area contributed by atoms with Crippen LogP contribution in [0, 0.1) is 12.8 Å². The second-order valence-electron chi connectivity index (χ2n) is 5.71. The molecule has 0 heterocycles. The van der Waals surface area contributed by atoms with E-state index in [-0.39, 0.29) is 17.9 Å². The van der Waals surface area contributed by atoms with Crippen LogP contribution < -0.4 is 0 Å². The van der Waals surface area contributed by atoms with Gasteiger partial charge in [0.1, 0.15) is 0 Å². The van der Waals surface area contributed by atoms with E-state index in [2.05, 4.69) is 25.1 Å². The first kappa shape index (κ1) is 13.1. The van der Waals surface area contributed by atoms with Gasteiger partial charge in [-0.25, -0.2) is 0 Å². The molecular formula is C16H23NO. The summed E-state index contributed by atoms with van der Waals surface area (Å²) < 4.78 is 0. The zero-order valence-electron chi connectivity index (χ0n) is 11.9. The molecule has 0 unspecified atom stereocenters. The van der Waals surface area contributed by atoms with Crippen molar-refractivity contribution in [2.24, 2.45) is 5.92 Å². The minimum Gasteiger partial charge on any atom is -0.338 e. The highest BCUT2D eigenvalue weighted by Crippen LogP contribution is 2.34. The van der Waals surface area contributed by atoms with Crippen LogP contribution in [0.15, 0.2) is 18.2 Å². The van der Waals surface area contributed by atoms with E-state index in [9.17, 15) is 4.79 Å². The van der Waals surface area contributed by atoms with Crippen molar-refractivity contribution in [1.82, 2.24) is 4.90 Å². The molecule has 0 aliphatic heterocycles. The maximum absolute atomic E-state index is 12.2. The summed E-state index contributed by atoms with van der Waals surface area (Å²) in [5, 5.41) is 0. The minimum absolute atomic E-state index is 0.0742. The normalized spacial score (nSPS) is 18.6. The summed E-state index contributed by atoms with van der Waals surface area (Å²) in [6, 6.07) is 6.92. The van der Waals surface area contributed by atoms with E-state index >= 15 is 0 Å². The van der Waals surface area contributed by atoms with E-state index in [0.29, 0.717) is 0 Å². The van der Waals surface area contributed by atoms with Gasteiger partial charge in [-0.2, -0.15) is 0 Å². The molecule has 2 nitrogen and oxygen atoms in total. The second-order valence-corrected chi connectivity index (χ2v) is 5.71. The zero-order valence-corrected chi connectivity index (χ0v) is 11.9. The van der Waals surface area contributed by atoms with E-state index in [1.807, 2.05) is 25.8 Å². The molecule has 0 aromatic heterocycles. The molecule has 18 heavy (non-hydrogen) atoms. The second kappa shape index (κ2) is 5.13. The van der Waals surface area contributed by atoms with Crippen LogP contribution in [0.25, 0.3) is 0 Å². The van der Waals surface area contributed by atoms with Crippen molar-refractivity contribution < 1.29 is 4.79 Å². The van der Waals surface area contributed by atoms with Gasteiger partial charge in [-0.05, 0) is 37.3 Å². The molecule has 2 heteroatoms. The Morgan fingerprint density at radius 3 is 2.78 bits per heavy atom. The van der Waals surface area contributed by atoms with E-state index < -0.39 is 0 Å². The molecule has 0 bridgehead atoms. The van der Waals surface area contributed by atoms with Crippen molar-refractivity contribution in [1.29, 1.82) is 0 Å². The average Bonchev–Trinajstić information content (AvgIpc) is 2.36. The van der Waals surface area contributed by atoms with Crippen molar-refractivity contribution >= 4 is 5.91 Å². The third-order valence-corrected chi connectivity index (χ3v) is 3.89. The van der Waals surface area contributed by atoms with Crippen molar-refractivity contribution in [3.05, 3.63) is 34.9 Å². The van der Waals surface area contributed by atoms with Crippen molar-refractivity contribution in [2.75, 3.05) is 7.05 Å². The van der Waals surface area contributed by atoms with Gasteiger partial charge in [-0.3, -0.25) is 4.79 Å². The van der Waals surface area contributed by atoms with Gasteiger partial charge >= 0.3 is 0 Å². The SMILES string of the molecule is Cc1ccc2c(c1)[C@H](N(C)C(=O)C(C)C)CCC2. The van der Waals surface area contributed by atoms with Gasteiger partial charge < -0.3 is 4.90 Å². The summed E-state index contributed by atoms with van der Waals surface area (Å²) in [4.78, 5) is 14.1. The Morgan fingerprint density at radius 1 is 1.39 bits per heavy atom. The van der Waals surface area contributed by atoms with Crippen LogP contribution >= 0.6 is 0 Å². The summed E-state index contributed by atoms with van der Waals surface area (Å²) in [5.41, 5.74) is 4.06. The Bertz CT molecular complexity index is 450. The smallest absolute Gasteiger partial charge is 0.225 e. The lowest BCUT2D eigenvalue weighted by atomic mass is 9.85. The van der Waals surface area contributed by atoms with Crippen molar-refractivity contribution in [3.63, 3.8) is 0 Å². The molecule has 1 aromatic carbocycles. The topological polar surface area (TPSA) is 20.3 Å². The highest BCUT2D eigenvalue weighted by molar-refractivity contribution is 5.78. The first-order valence-electron chi connectivity index (χ1n) is 6.87. The molecule has 98 valence electrons. The summed E-state index contributed by atoms with van der Waals surface area (Å²) in [5.74, 6) is 0.319. The molecule has 0 saturated carbocycles. The van der Waals surface area contributed by atoms with Gasteiger partial charge in [0.05, 0.1) is 6.04 Å². The van der Waals surface area contributed by atoms with Crippen LogP contribution in [-0.4, -0.2) is 17.9 Å². The fourth-order valence-corrected chi connectivity index (χ4v) is 2.86. The number of carbonyl (C=O) groups excluding carboxylic acids is 1. The highest BCUT2D eigenvalue weighted by atomic mass is 16.2. The lowest BCUT2D eigenvalue weighted by Crippen LogP contribution is -2.35. The Hall–Kier alpha value is -1.31. The van der Waals surface area contributed by atoms with E-state index in [0.717, 1.165) is 12.8 Å². The molecule has 1 aliphatic rings. The molecule has 0 N–H and O–H groups in total. The molecule has 0 saturated heterocycles. The predicted octanol–water partition coefficient (Wildman–Crippen LogP) is 3.49. The molecule has 2 rings (SSSR count). The van der Waals surface area contributed by atoms with Crippen LogP contribution in [0.1, 0.15) is 49.4 Å². The van der Waals surface area contributed by atoms with Gasteiger partial charge in [0.2, 0.25) is 5.91 Å². The van der Waals surface area contributed by atoms with Gasteiger partial charge in [0, 0.05) is 13.0 Å². The standard InChI is InChI=1S/C16H23NO/c1-11(2)16(18)17(4)15-7-5-6-13-9-8-12(3)10-14(13)15/h8-11,15H,5-7H2,1-4H3/t15-/m1/s1. The van der Waals surface area contributed by atoms with Crippen LogP contribution in [0.4, 0.5) is 0 Å². The van der Waals surface area contributed by atoms with Crippen molar-refractivity contribution in [2.45, 2.75) is 46.1 Å². The third kappa shape index (κ3) is 2.43. The van der Waals surface area contributed by atoms with Crippen LogP contribution in [0.5, 0.6) is 0 Å². The number of fused-ring (bicyclic) bond motifs is 1. The highest BCUT2D eigenvalue weighted by Gasteiger charge is 2.27. The number of carbonyl (C=O) groups is 1. The summed E-state index contributed by atoms with van der Waals surface area (Å²) in [6.07, 6.45) is 3.41. The molecular weight excluding hydrogens is 222 g/mol. The maximum atomic E-state index is 12.2. The summed E-state index contributed by atoms with van der Waals surface area (Å²) in [7, 11) is 1.95. The Kier molecular flexibility index (Phi) is 3.74. The maximum Gasteiger partial charge on any atom is 0.225 e. The number of hydrogen-bond acceptors (Lipinski definition) is 1. The average molecular weight is 245 g/mol. The van der Waals surface area contributed by atoms with Crippen LogP contribution in [0.2, 0.25) is 0 Å². The molecule has 1 aliphatic carbocycles. The Balaban J connectivity index is 2.32.